The molecule has 1 N–H and O–H groups in total. The Morgan fingerprint density at radius 2 is 2.04 bits per heavy atom. The lowest BCUT2D eigenvalue weighted by Crippen LogP contribution is -2.40. The molecule has 0 bridgehead atoms. The zero-order chi connectivity index (χ0) is 17.0. The third-order valence-corrected chi connectivity index (χ3v) is 4.10. The fourth-order valence-electron chi connectivity index (χ4n) is 2.57. The normalized spacial score (nSPS) is 21.5. The van der Waals surface area contributed by atoms with Crippen LogP contribution in [0.15, 0.2) is 24.3 Å². The minimum absolute atomic E-state index is 0.0452. The highest BCUT2D eigenvalue weighted by molar-refractivity contribution is 6.31. The van der Waals surface area contributed by atoms with E-state index >= 15 is 0 Å². The van der Waals surface area contributed by atoms with Gasteiger partial charge in [0.1, 0.15) is 5.60 Å². The summed E-state index contributed by atoms with van der Waals surface area (Å²) in [5.74, 6) is 0. The number of methoxy groups -OCH3 is 1. The number of rotatable bonds is 4. The van der Waals surface area contributed by atoms with E-state index in [1.165, 1.54) is 0 Å². The molecule has 0 spiro atoms. The molecule has 5 nitrogen and oxygen atoms in total. The maximum absolute atomic E-state index is 12.2. The molecule has 128 valence electrons. The first kappa shape index (κ1) is 18.0. The maximum Gasteiger partial charge on any atom is 0.410 e. The number of hydrogen-bond acceptors (Lipinski definition) is 4. The molecule has 0 aliphatic carbocycles. The highest BCUT2D eigenvalue weighted by Gasteiger charge is 2.37. The van der Waals surface area contributed by atoms with Gasteiger partial charge in [-0.05, 0) is 32.4 Å². The number of benzene rings is 1. The second kappa shape index (κ2) is 7.51. The molecule has 1 fully saturated rings. The van der Waals surface area contributed by atoms with Crippen molar-refractivity contribution < 1.29 is 14.3 Å². The summed E-state index contributed by atoms with van der Waals surface area (Å²) in [4.78, 5) is 13.9. The van der Waals surface area contributed by atoms with Gasteiger partial charge in [-0.3, -0.25) is 0 Å². The molecular formula is C17H25ClN2O3. The number of amides is 1. The van der Waals surface area contributed by atoms with Crippen molar-refractivity contribution in [1.29, 1.82) is 0 Å². The molecule has 6 heteroatoms. The van der Waals surface area contributed by atoms with Gasteiger partial charge in [-0.2, -0.15) is 0 Å². The van der Waals surface area contributed by atoms with E-state index in [9.17, 15) is 4.79 Å². The molecule has 1 amide bonds. The minimum Gasteiger partial charge on any atom is -0.444 e. The van der Waals surface area contributed by atoms with Crippen molar-refractivity contribution in [2.75, 3.05) is 20.2 Å². The molecule has 0 radical (unpaired) electrons. The number of likely N-dealkylation sites (tertiary alicyclic amines) is 1. The van der Waals surface area contributed by atoms with Crippen molar-refractivity contribution in [1.82, 2.24) is 10.2 Å². The highest BCUT2D eigenvalue weighted by Crippen LogP contribution is 2.19. The van der Waals surface area contributed by atoms with E-state index in [0.717, 1.165) is 10.6 Å². The molecule has 1 heterocycles. The fraction of sp³-hybridized carbons (Fsp3) is 0.588. The Morgan fingerprint density at radius 1 is 1.35 bits per heavy atom. The molecule has 0 saturated carbocycles. The van der Waals surface area contributed by atoms with Crippen molar-refractivity contribution in [2.24, 2.45) is 0 Å². The van der Waals surface area contributed by atoms with Crippen LogP contribution >= 0.6 is 11.6 Å². The number of nitrogens with one attached hydrogen (secondary N) is 1. The van der Waals surface area contributed by atoms with Gasteiger partial charge in [-0.15, -0.1) is 0 Å². The maximum atomic E-state index is 12.2. The third-order valence-electron chi connectivity index (χ3n) is 3.73. The first-order valence-corrected chi connectivity index (χ1v) is 8.15. The van der Waals surface area contributed by atoms with E-state index in [0.29, 0.717) is 19.6 Å². The van der Waals surface area contributed by atoms with Crippen LogP contribution in [-0.2, 0) is 16.0 Å². The van der Waals surface area contributed by atoms with Crippen molar-refractivity contribution in [2.45, 2.75) is 45.1 Å². The van der Waals surface area contributed by atoms with Crippen LogP contribution in [0.5, 0.6) is 0 Å². The molecule has 0 aromatic heterocycles. The standard InChI is InChI=1S/C17H25ClN2O3/c1-17(2,3)23-16(21)20-10-14(15(11-20)22-4)19-9-12-7-5-6-8-13(12)18/h5-8,14-15,19H,9-11H2,1-4H3/t14?,15-/m0/s1. The largest absolute Gasteiger partial charge is 0.444 e. The van der Waals surface area contributed by atoms with Crippen molar-refractivity contribution in [3.8, 4) is 0 Å². The van der Waals surface area contributed by atoms with Gasteiger partial charge in [-0.25, -0.2) is 4.79 Å². The van der Waals surface area contributed by atoms with Gasteiger partial charge in [0.25, 0.3) is 0 Å². The number of carbonyl (C=O) groups is 1. The van der Waals surface area contributed by atoms with Gasteiger partial charge in [-0.1, -0.05) is 29.8 Å². The number of ether oxygens (including phenoxy) is 2. The molecule has 1 aromatic rings. The van der Waals surface area contributed by atoms with Crippen LogP contribution in [0.3, 0.4) is 0 Å². The van der Waals surface area contributed by atoms with E-state index < -0.39 is 5.60 Å². The first-order chi connectivity index (χ1) is 10.8. The monoisotopic (exact) mass is 340 g/mol. The summed E-state index contributed by atoms with van der Waals surface area (Å²) < 4.78 is 10.9. The van der Waals surface area contributed by atoms with Crippen LogP contribution in [-0.4, -0.2) is 48.9 Å². The summed E-state index contributed by atoms with van der Waals surface area (Å²) >= 11 is 6.18. The van der Waals surface area contributed by atoms with Crippen LogP contribution in [0.2, 0.25) is 5.02 Å². The highest BCUT2D eigenvalue weighted by atomic mass is 35.5. The lowest BCUT2D eigenvalue weighted by atomic mass is 10.1. The lowest BCUT2D eigenvalue weighted by Gasteiger charge is -2.24. The third kappa shape index (κ3) is 5.09. The summed E-state index contributed by atoms with van der Waals surface area (Å²) in [6.45, 7) is 7.29. The van der Waals surface area contributed by atoms with E-state index in [-0.39, 0.29) is 18.2 Å². The average molecular weight is 341 g/mol. The number of halogens is 1. The molecule has 23 heavy (non-hydrogen) atoms. The van der Waals surface area contributed by atoms with Crippen molar-refractivity contribution in [3.05, 3.63) is 34.9 Å². The summed E-state index contributed by atoms with van der Waals surface area (Å²) in [6.07, 6.45) is -0.369. The van der Waals surface area contributed by atoms with Gasteiger partial charge in [0.2, 0.25) is 0 Å². The SMILES string of the molecule is CO[C@H]1CN(C(=O)OC(C)(C)C)CC1NCc1ccccc1Cl. The number of carbonyl (C=O) groups excluding carboxylic acids is 1. The first-order valence-electron chi connectivity index (χ1n) is 7.77. The Labute approximate surface area is 142 Å². The van der Waals surface area contributed by atoms with E-state index in [1.54, 1.807) is 12.0 Å². The fourth-order valence-corrected chi connectivity index (χ4v) is 2.77. The Hall–Kier alpha value is -1.30. The van der Waals surface area contributed by atoms with Crippen molar-refractivity contribution >= 4 is 17.7 Å². The predicted molar refractivity (Wildman–Crippen MR) is 90.7 cm³/mol. The van der Waals surface area contributed by atoms with Gasteiger partial charge in [0.15, 0.2) is 0 Å². The Balaban J connectivity index is 1.94. The quantitative estimate of drug-likeness (QED) is 0.915. The molecule has 2 atom stereocenters. The Morgan fingerprint density at radius 3 is 2.65 bits per heavy atom. The van der Waals surface area contributed by atoms with Gasteiger partial charge < -0.3 is 19.7 Å². The van der Waals surface area contributed by atoms with Crippen molar-refractivity contribution in [3.63, 3.8) is 0 Å². The molecule has 2 rings (SSSR count). The van der Waals surface area contributed by atoms with Crippen LogP contribution in [0, 0.1) is 0 Å². The zero-order valence-corrected chi connectivity index (χ0v) is 14.9. The molecule has 1 unspecified atom stereocenters. The minimum atomic E-state index is -0.497. The molecular weight excluding hydrogens is 316 g/mol. The van der Waals surface area contributed by atoms with Crippen LogP contribution in [0.1, 0.15) is 26.3 Å². The summed E-state index contributed by atoms with van der Waals surface area (Å²) in [7, 11) is 1.66. The molecule has 1 aromatic carbocycles. The van der Waals surface area contributed by atoms with Gasteiger partial charge in [0, 0.05) is 25.2 Å². The zero-order valence-electron chi connectivity index (χ0n) is 14.1. The summed E-state index contributed by atoms with van der Waals surface area (Å²) in [5.41, 5.74) is 0.530. The molecule has 1 saturated heterocycles. The van der Waals surface area contributed by atoms with E-state index in [4.69, 9.17) is 21.1 Å². The average Bonchev–Trinajstić information content (AvgIpc) is 2.88. The Bertz CT molecular complexity index is 545. The smallest absolute Gasteiger partial charge is 0.410 e. The number of hydrogen-bond donors (Lipinski definition) is 1. The van der Waals surface area contributed by atoms with Gasteiger partial charge in [0.05, 0.1) is 18.7 Å². The van der Waals surface area contributed by atoms with E-state index in [1.807, 2.05) is 45.0 Å². The number of nitrogens with zero attached hydrogens (tertiary/aromatic N) is 1. The van der Waals surface area contributed by atoms with Gasteiger partial charge >= 0.3 is 6.09 Å². The molecule has 1 aliphatic rings. The van der Waals surface area contributed by atoms with Crippen LogP contribution < -0.4 is 5.32 Å². The second-order valence-electron chi connectivity index (χ2n) is 6.74. The van der Waals surface area contributed by atoms with Crippen LogP contribution in [0.4, 0.5) is 4.79 Å². The molecule has 1 aliphatic heterocycles. The predicted octanol–water partition coefficient (Wildman–Crippen LogP) is 3.06. The summed E-state index contributed by atoms with van der Waals surface area (Å²) in [5, 5.41) is 4.16. The topological polar surface area (TPSA) is 50.8 Å². The van der Waals surface area contributed by atoms with E-state index in [2.05, 4.69) is 5.32 Å². The van der Waals surface area contributed by atoms with Crippen LogP contribution in [0.25, 0.3) is 0 Å². The Kier molecular flexibility index (Phi) is 5.89. The lowest BCUT2D eigenvalue weighted by molar-refractivity contribution is 0.0252. The summed E-state index contributed by atoms with van der Waals surface area (Å²) in [6, 6.07) is 7.76. The second-order valence-corrected chi connectivity index (χ2v) is 7.15.